The summed E-state index contributed by atoms with van der Waals surface area (Å²) in [7, 11) is 0. The lowest BCUT2D eigenvalue weighted by atomic mass is 9.95. The lowest BCUT2D eigenvalue weighted by Crippen LogP contribution is -2.28. The molecule has 0 unspecified atom stereocenters. The van der Waals surface area contributed by atoms with Gasteiger partial charge in [0.25, 0.3) is 0 Å². The zero-order chi connectivity index (χ0) is 12.5. The summed E-state index contributed by atoms with van der Waals surface area (Å²) in [5, 5.41) is 0. The monoisotopic (exact) mass is 240 g/mol. The average molecular weight is 240 g/mol. The molecule has 0 spiro atoms. The van der Waals surface area contributed by atoms with Gasteiger partial charge in [0.15, 0.2) is 0 Å². The SMILES string of the molecule is C=CC(=O)OC1CCC(OCCCCC)CC1. The second-order valence-electron chi connectivity index (χ2n) is 4.62. The number of carbonyl (C=O) groups excluding carboxylic acids is 1. The van der Waals surface area contributed by atoms with Gasteiger partial charge in [-0.2, -0.15) is 0 Å². The number of rotatable bonds is 7. The predicted octanol–water partition coefficient (Wildman–Crippen LogP) is 3.23. The summed E-state index contributed by atoms with van der Waals surface area (Å²) in [6.07, 6.45) is 9.12. The largest absolute Gasteiger partial charge is 0.459 e. The summed E-state index contributed by atoms with van der Waals surface area (Å²) >= 11 is 0. The molecule has 1 aliphatic rings. The van der Waals surface area contributed by atoms with Crippen molar-refractivity contribution in [2.45, 2.75) is 64.1 Å². The molecule has 3 heteroatoms. The van der Waals surface area contributed by atoms with E-state index in [0.29, 0.717) is 6.10 Å². The molecule has 1 rings (SSSR count). The average Bonchev–Trinajstić information content (AvgIpc) is 2.36. The van der Waals surface area contributed by atoms with Crippen molar-refractivity contribution in [3.05, 3.63) is 12.7 Å². The number of ether oxygens (including phenoxy) is 2. The lowest BCUT2D eigenvalue weighted by molar-refractivity contribution is -0.145. The lowest BCUT2D eigenvalue weighted by Gasteiger charge is -2.28. The van der Waals surface area contributed by atoms with Crippen LogP contribution in [0.2, 0.25) is 0 Å². The van der Waals surface area contributed by atoms with Crippen molar-refractivity contribution in [2.75, 3.05) is 6.61 Å². The minimum atomic E-state index is -0.308. The highest BCUT2D eigenvalue weighted by molar-refractivity contribution is 5.81. The van der Waals surface area contributed by atoms with Gasteiger partial charge in [0.2, 0.25) is 0 Å². The highest BCUT2D eigenvalue weighted by Crippen LogP contribution is 2.23. The second-order valence-corrected chi connectivity index (χ2v) is 4.62. The predicted molar refractivity (Wildman–Crippen MR) is 67.8 cm³/mol. The van der Waals surface area contributed by atoms with Crippen molar-refractivity contribution >= 4 is 5.97 Å². The second kappa shape index (κ2) is 8.29. The van der Waals surface area contributed by atoms with Crippen LogP contribution in [0.25, 0.3) is 0 Å². The first kappa shape index (κ1) is 14.2. The molecule has 0 saturated heterocycles. The Labute approximate surface area is 104 Å². The molecule has 0 N–H and O–H groups in total. The molecule has 0 aliphatic heterocycles. The normalized spacial score (nSPS) is 24.3. The number of unbranched alkanes of at least 4 members (excludes halogenated alkanes) is 2. The Morgan fingerprint density at radius 2 is 1.88 bits per heavy atom. The van der Waals surface area contributed by atoms with Crippen LogP contribution < -0.4 is 0 Å². The molecular formula is C14H24O3. The van der Waals surface area contributed by atoms with Gasteiger partial charge >= 0.3 is 5.97 Å². The Morgan fingerprint density at radius 1 is 1.24 bits per heavy atom. The van der Waals surface area contributed by atoms with Gasteiger partial charge < -0.3 is 9.47 Å². The van der Waals surface area contributed by atoms with Crippen molar-refractivity contribution in [3.63, 3.8) is 0 Å². The van der Waals surface area contributed by atoms with Crippen LogP contribution in [0.1, 0.15) is 51.9 Å². The quantitative estimate of drug-likeness (QED) is 0.389. The fraction of sp³-hybridized carbons (Fsp3) is 0.786. The summed E-state index contributed by atoms with van der Waals surface area (Å²) in [5.74, 6) is -0.308. The first-order valence-corrected chi connectivity index (χ1v) is 6.71. The third-order valence-corrected chi connectivity index (χ3v) is 3.17. The number of hydrogen-bond donors (Lipinski definition) is 0. The first-order valence-electron chi connectivity index (χ1n) is 6.71. The Morgan fingerprint density at radius 3 is 2.47 bits per heavy atom. The third kappa shape index (κ3) is 5.87. The van der Waals surface area contributed by atoms with Crippen LogP contribution in [0.3, 0.4) is 0 Å². The maximum Gasteiger partial charge on any atom is 0.330 e. The summed E-state index contributed by atoms with van der Waals surface area (Å²) in [6.45, 7) is 6.46. The van der Waals surface area contributed by atoms with Crippen molar-refractivity contribution < 1.29 is 14.3 Å². The Balaban J connectivity index is 2.08. The zero-order valence-corrected chi connectivity index (χ0v) is 10.8. The Hall–Kier alpha value is -0.830. The van der Waals surface area contributed by atoms with E-state index in [4.69, 9.17) is 9.47 Å². The van der Waals surface area contributed by atoms with Gasteiger partial charge in [0.05, 0.1) is 6.10 Å². The maximum atomic E-state index is 11.0. The van der Waals surface area contributed by atoms with E-state index in [1.54, 1.807) is 0 Å². The van der Waals surface area contributed by atoms with Gasteiger partial charge in [-0.05, 0) is 32.1 Å². The summed E-state index contributed by atoms with van der Waals surface area (Å²) in [6, 6.07) is 0. The van der Waals surface area contributed by atoms with E-state index in [-0.39, 0.29) is 12.1 Å². The molecule has 1 aliphatic carbocycles. The van der Waals surface area contributed by atoms with Crippen LogP contribution >= 0.6 is 0 Å². The molecule has 0 bridgehead atoms. The van der Waals surface area contributed by atoms with Gasteiger partial charge in [-0.25, -0.2) is 4.79 Å². The minimum Gasteiger partial charge on any atom is -0.459 e. The van der Waals surface area contributed by atoms with Crippen molar-refractivity contribution in [1.29, 1.82) is 0 Å². The van der Waals surface area contributed by atoms with Crippen molar-refractivity contribution in [1.82, 2.24) is 0 Å². The number of hydrogen-bond acceptors (Lipinski definition) is 3. The van der Waals surface area contributed by atoms with Crippen LogP contribution in [-0.2, 0) is 14.3 Å². The van der Waals surface area contributed by atoms with Crippen LogP contribution in [0, 0.1) is 0 Å². The Kier molecular flexibility index (Phi) is 6.94. The molecule has 17 heavy (non-hydrogen) atoms. The summed E-state index contributed by atoms with van der Waals surface area (Å²) < 4.78 is 11.0. The first-order chi connectivity index (χ1) is 8.26. The number of carbonyl (C=O) groups is 1. The van der Waals surface area contributed by atoms with Gasteiger partial charge in [0.1, 0.15) is 6.10 Å². The molecule has 0 aromatic carbocycles. The van der Waals surface area contributed by atoms with Gasteiger partial charge in [0, 0.05) is 12.7 Å². The third-order valence-electron chi connectivity index (χ3n) is 3.17. The molecule has 0 atom stereocenters. The summed E-state index contributed by atoms with van der Waals surface area (Å²) in [4.78, 5) is 11.0. The summed E-state index contributed by atoms with van der Waals surface area (Å²) in [5.41, 5.74) is 0. The molecule has 3 nitrogen and oxygen atoms in total. The molecular weight excluding hydrogens is 216 g/mol. The molecule has 1 fully saturated rings. The molecule has 98 valence electrons. The molecule has 0 amide bonds. The van der Waals surface area contributed by atoms with E-state index in [9.17, 15) is 4.79 Å². The van der Waals surface area contributed by atoms with E-state index < -0.39 is 0 Å². The van der Waals surface area contributed by atoms with Gasteiger partial charge in [-0.1, -0.05) is 26.3 Å². The van der Waals surface area contributed by atoms with E-state index in [1.807, 2.05) is 0 Å². The van der Waals surface area contributed by atoms with E-state index in [2.05, 4.69) is 13.5 Å². The molecule has 0 aromatic heterocycles. The van der Waals surface area contributed by atoms with Gasteiger partial charge in [-0.3, -0.25) is 0 Å². The van der Waals surface area contributed by atoms with E-state index in [0.717, 1.165) is 38.7 Å². The minimum absolute atomic E-state index is 0.0657. The maximum absolute atomic E-state index is 11.0. The molecule has 1 saturated carbocycles. The fourth-order valence-corrected chi connectivity index (χ4v) is 2.13. The van der Waals surface area contributed by atoms with E-state index in [1.165, 1.54) is 18.9 Å². The van der Waals surface area contributed by atoms with Gasteiger partial charge in [-0.15, -0.1) is 0 Å². The molecule has 0 heterocycles. The zero-order valence-electron chi connectivity index (χ0n) is 10.8. The van der Waals surface area contributed by atoms with Crippen LogP contribution in [-0.4, -0.2) is 24.8 Å². The van der Waals surface area contributed by atoms with E-state index >= 15 is 0 Å². The highest BCUT2D eigenvalue weighted by atomic mass is 16.5. The standard InChI is InChI=1S/C14H24O3/c1-3-5-6-11-16-12-7-9-13(10-8-12)17-14(15)4-2/h4,12-13H,2-3,5-11H2,1H3. The Bertz CT molecular complexity index is 230. The smallest absolute Gasteiger partial charge is 0.330 e. The topological polar surface area (TPSA) is 35.5 Å². The fourth-order valence-electron chi connectivity index (χ4n) is 2.13. The van der Waals surface area contributed by atoms with Crippen LogP contribution in [0.4, 0.5) is 0 Å². The van der Waals surface area contributed by atoms with Crippen LogP contribution in [0.15, 0.2) is 12.7 Å². The van der Waals surface area contributed by atoms with Crippen molar-refractivity contribution in [2.24, 2.45) is 0 Å². The van der Waals surface area contributed by atoms with Crippen LogP contribution in [0.5, 0.6) is 0 Å². The molecule has 0 radical (unpaired) electrons. The number of esters is 1. The van der Waals surface area contributed by atoms with Crippen molar-refractivity contribution in [3.8, 4) is 0 Å². The molecule has 0 aromatic rings. The highest BCUT2D eigenvalue weighted by Gasteiger charge is 2.23.